The molecule has 0 fully saturated rings. The molecule has 2 rings (SSSR count). The van der Waals surface area contributed by atoms with Crippen molar-refractivity contribution in [2.45, 2.75) is 12.5 Å². The molecule has 0 radical (unpaired) electrons. The van der Waals surface area contributed by atoms with Crippen molar-refractivity contribution < 1.29 is 9.50 Å². The molecule has 0 spiro atoms. The van der Waals surface area contributed by atoms with Gasteiger partial charge in [0.15, 0.2) is 0 Å². The number of benzene rings is 2. The maximum absolute atomic E-state index is 13.3. The van der Waals surface area contributed by atoms with Gasteiger partial charge in [-0.15, -0.1) is 0 Å². The average Bonchev–Trinajstić information content (AvgIpc) is 2.38. The van der Waals surface area contributed by atoms with Crippen LogP contribution in [0.15, 0.2) is 40.9 Å². The van der Waals surface area contributed by atoms with Gasteiger partial charge in [-0.3, -0.25) is 0 Å². The number of hydrogen-bond donors (Lipinski definition) is 1. The fourth-order valence-electron chi connectivity index (χ4n) is 1.79. The zero-order chi connectivity index (χ0) is 14.0. The second kappa shape index (κ2) is 6.23. The molecule has 0 aliphatic carbocycles. The summed E-state index contributed by atoms with van der Waals surface area (Å²) in [6.07, 6.45) is -0.595. The molecule has 0 aliphatic heterocycles. The van der Waals surface area contributed by atoms with Crippen LogP contribution in [-0.2, 0) is 6.42 Å². The second-order valence-electron chi connectivity index (χ2n) is 4.10. The van der Waals surface area contributed by atoms with Gasteiger partial charge in [0.1, 0.15) is 5.82 Å². The number of aliphatic hydroxyl groups is 1. The van der Waals surface area contributed by atoms with Gasteiger partial charge in [-0.1, -0.05) is 51.3 Å². The Labute approximate surface area is 129 Å². The standard InChI is InChI=1S/C14H10BrCl2FO/c15-11-5-4-9(16)7-10(11)13(19)6-8-2-1-3-12(18)14(8)17/h1-5,7,13,19H,6H2. The van der Waals surface area contributed by atoms with Crippen LogP contribution in [-0.4, -0.2) is 5.11 Å². The van der Waals surface area contributed by atoms with Gasteiger partial charge in [-0.2, -0.15) is 0 Å². The Balaban J connectivity index is 2.28. The first kappa shape index (κ1) is 14.8. The summed E-state index contributed by atoms with van der Waals surface area (Å²) in [5.74, 6) is -0.489. The lowest BCUT2D eigenvalue weighted by Crippen LogP contribution is -2.04. The average molecular weight is 364 g/mol. The van der Waals surface area contributed by atoms with E-state index in [0.717, 1.165) is 4.47 Å². The third-order valence-corrected chi connectivity index (χ3v) is 4.14. The first-order chi connectivity index (χ1) is 8.99. The Morgan fingerprint density at radius 1 is 1.21 bits per heavy atom. The Hall–Kier alpha value is -0.610. The first-order valence-corrected chi connectivity index (χ1v) is 7.10. The van der Waals surface area contributed by atoms with Gasteiger partial charge < -0.3 is 5.11 Å². The third-order valence-electron chi connectivity index (χ3n) is 2.76. The highest BCUT2D eigenvalue weighted by Crippen LogP contribution is 2.31. The zero-order valence-electron chi connectivity index (χ0n) is 9.71. The number of hydrogen-bond acceptors (Lipinski definition) is 1. The molecular weight excluding hydrogens is 354 g/mol. The third kappa shape index (κ3) is 3.48. The molecule has 0 saturated carbocycles. The SMILES string of the molecule is OC(Cc1cccc(F)c1Cl)c1cc(Cl)ccc1Br. The van der Waals surface area contributed by atoms with Gasteiger partial charge in [0.25, 0.3) is 0 Å². The molecule has 19 heavy (non-hydrogen) atoms. The second-order valence-corrected chi connectivity index (χ2v) is 5.77. The van der Waals surface area contributed by atoms with Crippen LogP contribution < -0.4 is 0 Å². The minimum Gasteiger partial charge on any atom is -0.388 e. The van der Waals surface area contributed by atoms with Gasteiger partial charge in [-0.25, -0.2) is 4.39 Å². The van der Waals surface area contributed by atoms with E-state index in [9.17, 15) is 9.50 Å². The number of aliphatic hydroxyl groups excluding tert-OH is 1. The van der Waals surface area contributed by atoms with Crippen molar-refractivity contribution in [3.8, 4) is 0 Å². The summed E-state index contributed by atoms with van der Waals surface area (Å²) in [4.78, 5) is 0. The number of rotatable bonds is 3. The molecule has 1 atom stereocenters. The molecule has 0 aliphatic rings. The van der Waals surface area contributed by atoms with Gasteiger partial charge in [0.2, 0.25) is 0 Å². The highest BCUT2D eigenvalue weighted by atomic mass is 79.9. The molecule has 1 unspecified atom stereocenters. The lowest BCUT2D eigenvalue weighted by atomic mass is 10.0. The summed E-state index contributed by atoms with van der Waals surface area (Å²) in [5, 5.41) is 10.8. The lowest BCUT2D eigenvalue weighted by molar-refractivity contribution is 0.177. The Morgan fingerprint density at radius 2 is 1.95 bits per heavy atom. The van der Waals surface area contributed by atoms with E-state index in [0.29, 0.717) is 16.1 Å². The van der Waals surface area contributed by atoms with Crippen LogP contribution in [0.25, 0.3) is 0 Å². The molecule has 1 N–H and O–H groups in total. The van der Waals surface area contributed by atoms with E-state index in [1.54, 1.807) is 30.3 Å². The van der Waals surface area contributed by atoms with Gasteiger partial charge >= 0.3 is 0 Å². The largest absolute Gasteiger partial charge is 0.388 e. The summed E-state index contributed by atoms with van der Waals surface area (Å²) in [7, 11) is 0. The predicted molar refractivity (Wildman–Crippen MR) is 79.2 cm³/mol. The van der Waals surface area contributed by atoms with Crippen molar-refractivity contribution in [1.29, 1.82) is 0 Å². The minimum atomic E-state index is -0.813. The molecule has 0 amide bonds. The molecule has 5 heteroatoms. The quantitative estimate of drug-likeness (QED) is 0.797. The summed E-state index contributed by atoms with van der Waals surface area (Å²) < 4.78 is 14.1. The molecule has 0 saturated heterocycles. The molecule has 0 aromatic heterocycles. The maximum atomic E-state index is 13.3. The van der Waals surface area contributed by atoms with Crippen LogP contribution in [0.5, 0.6) is 0 Å². The Morgan fingerprint density at radius 3 is 2.68 bits per heavy atom. The summed E-state index contributed by atoms with van der Waals surface area (Å²) in [6, 6.07) is 9.69. The fourth-order valence-corrected chi connectivity index (χ4v) is 2.69. The first-order valence-electron chi connectivity index (χ1n) is 5.55. The van der Waals surface area contributed by atoms with Crippen molar-refractivity contribution in [1.82, 2.24) is 0 Å². The van der Waals surface area contributed by atoms with E-state index in [2.05, 4.69) is 15.9 Å². The van der Waals surface area contributed by atoms with Gasteiger partial charge in [-0.05, 0) is 35.4 Å². The summed E-state index contributed by atoms with van der Waals surface area (Å²) in [5.41, 5.74) is 1.20. The maximum Gasteiger partial charge on any atom is 0.142 e. The fraction of sp³-hybridized carbons (Fsp3) is 0.143. The Kier molecular flexibility index (Phi) is 4.85. The van der Waals surface area contributed by atoms with E-state index in [-0.39, 0.29) is 11.4 Å². The summed E-state index contributed by atoms with van der Waals surface area (Å²) in [6.45, 7) is 0. The van der Waals surface area contributed by atoms with Crippen molar-refractivity contribution in [2.24, 2.45) is 0 Å². The van der Waals surface area contributed by atoms with Crippen molar-refractivity contribution in [3.05, 3.63) is 67.9 Å². The van der Waals surface area contributed by atoms with Crippen LogP contribution in [0.4, 0.5) is 4.39 Å². The smallest absolute Gasteiger partial charge is 0.142 e. The van der Waals surface area contributed by atoms with Crippen LogP contribution in [0.3, 0.4) is 0 Å². The zero-order valence-corrected chi connectivity index (χ0v) is 12.8. The molecule has 0 heterocycles. The molecule has 2 aromatic carbocycles. The normalized spacial score (nSPS) is 12.5. The van der Waals surface area contributed by atoms with E-state index in [1.807, 2.05) is 0 Å². The van der Waals surface area contributed by atoms with E-state index in [1.165, 1.54) is 6.07 Å². The monoisotopic (exact) mass is 362 g/mol. The van der Waals surface area contributed by atoms with Crippen LogP contribution in [0.1, 0.15) is 17.2 Å². The molecule has 2 aromatic rings. The molecular formula is C14H10BrCl2FO. The highest BCUT2D eigenvalue weighted by molar-refractivity contribution is 9.10. The van der Waals surface area contributed by atoms with Crippen LogP contribution >= 0.6 is 39.1 Å². The number of halogens is 4. The molecule has 100 valence electrons. The summed E-state index contributed by atoms with van der Waals surface area (Å²) >= 11 is 15.1. The Bertz CT molecular complexity index is 604. The van der Waals surface area contributed by atoms with Gasteiger partial charge in [0, 0.05) is 15.9 Å². The van der Waals surface area contributed by atoms with Crippen molar-refractivity contribution >= 4 is 39.1 Å². The molecule has 0 bridgehead atoms. The van der Waals surface area contributed by atoms with Crippen LogP contribution in [0.2, 0.25) is 10.0 Å². The highest BCUT2D eigenvalue weighted by Gasteiger charge is 2.15. The lowest BCUT2D eigenvalue weighted by Gasteiger charge is -2.14. The van der Waals surface area contributed by atoms with Crippen LogP contribution in [0, 0.1) is 5.82 Å². The van der Waals surface area contributed by atoms with E-state index in [4.69, 9.17) is 23.2 Å². The predicted octanol–water partition coefficient (Wildman–Crippen LogP) is 5.17. The van der Waals surface area contributed by atoms with Crippen molar-refractivity contribution in [3.63, 3.8) is 0 Å². The minimum absolute atomic E-state index is 0.0414. The van der Waals surface area contributed by atoms with Gasteiger partial charge in [0.05, 0.1) is 11.1 Å². The molecule has 1 nitrogen and oxygen atoms in total. The van der Waals surface area contributed by atoms with E-state index < -0.39 is 11.9 Å². The topological polar surface area (TPSA) is 20.2 Å². The van der Waals surface area contributed by atoms with Crippen molar-refractivity contribution in [2.75, 3.05) is 0 Å². The van der Waals surface area contributed by atoms with E-state index >= 15 is 0 Å².